The van der Waals surface area contributed by atoms with Crippen LogP contribution in [0.2, 0.25) is 0 Å². The molecule has 198 valence electrons. The molecule has 0 saturated carbocycles. The lowest BCUT2D eigenvalue weighted by Crippen LogP contribution is -2.47. The van der Waals surface area contributed by atoms with Gasteiger partial charge in [0.1, 0.15) is 5.75 Å². The molecule has 38 heavy (non-hydrogen) atoms. The maximum absolute atomic E-state index is 13.3. The Labute approximate surface area is 217 Å². The molecule has 1 unspecified atom stereocenters. The summed E-state index contributed by atoms with van der Waals surface area (Å²) < 4.78 is 45.1. The monoisotopic (exact) mass is 524 g/mol. The molecule has 4 aromatic rings. The normalized spacial score (nSPS) is 15.1. The number of para-hydroxylation sites is 1. The van der Waals surface area contributed by atoms with E-state index in [2.05, 4.69) is 32.1 Å². The van der Waals surface area contributed by atoms with Gasteiger partial charge in [-0.05, 0) is 54.4 Å². The number of alkyl halides is 3. The van der Waals surface area contributed by atoms with Crippen LogP contribution in [0.1, 0.15) is 17.3 Å². The number of hydrogen-bond donors (Lipinski definition) is 3. The van der Waals surface area contributed by atoms with Crippen molar-refractivity contribution >= 4 is 34.0 Å². The zero-order valence-corrected chi connectivity index (χ0v) is 20.6. The first-order chi connectivity index (χ1) is 18.1. The van der Waals surface area contributed by atoms with Crippen LogP contribution in [0, 0.1) is 0 Å². The number of fused-ring (bicyclic) bond motifs is 1. The molecule has 5 rings (SSSR count). The fraction of sp³-hybridized carbons (Fsp3) is 0.259. The summed E-state index contributed by atoms with van der Waals surface area (Å²) in [5.41, 5.74) is 15.5. The molecular weight excluding hydrogens is 497 g/mol. The van der Waals surface area contributed by atoms with Gasteiger partial charge in [0.15, 0.2) is 11.9 Å². The van der Waals surface area contributed by atoms with E-state index in [1.807, 2.05) is 24.3 Å². The lowest BCUT2D eigenvalue weighted by Gasteiger charge is -2.38. The Balaban J connectivity index is 1.50. The van der Waals surface area contributed by atoms with Crippen LogP contribution in [0.15, 0.2) is 60.7 Å². The maximum Gasteiger partial charge on any atom is 0.425 e. The van der Waals surface area contributed by atoms with Gasteiger partial charge in [-0.2, -0.15) is 18.3 Å². The zero-order chi connectivity index (χ0) is 27.0. The molecule has 1 aromatic heterocycles. The van der Waals surface area contributed by atoms with E-state index >= 15 is 0 Å². The van der Waals surface area contributed by atoms with E-state index in [0.29, 0.717) is 41.0 Å². The molecule has 1 atom stereocenters. The summed E-state index contributed by atoms with van der Waals surface area (Å²) in [5.74, 6) is -0.556. The summed E-state index contributed by atoms with van der Waals surface area (Å²) in [6.07, 6.45) is -6.61. The summed E-state index contributed by atoms with van der Waals surface area (Å²) in [5, 5.41) is 6.96. The molecule has 3 aromatic carbocycles. The minimum atomic E-state index is -4.56. The lowest BCUT2D eigenvalue weighted by atomic mass is 9.99. The van der Waals surface area contributed by atoms with Crippen LogP contribution in [0.3, 0.4) is 0 Å². The quantitative estimate of drug-likeness (QED) is 0.341. The van der Waals surface area contributed by atoms with Gasteiger partial charge in [0.2, 0.25) is 0 Å². The molecule has 1 aliphatic heterocycles. The zero-order valence-electron chi connectivity index (χ0n) is 20.6. The highest BCUT2D eigenvalue weighted by Gasteiger charge is 2.38. The summed E-state index contributed by atoms with van der Waals surface area (Å²) in [7, 11) is 0. The second-order valence-corrected chi connectivity index (χ2v) is 9.21. The minimum absolute atomic E-state index is 0.0365. The van der Waals surface area contributed by atoms with Crippen molar-refractivity contribution in [2.75, 3.05) is 41.7 Å². The molecule has 1 fully saturated rings. The van der Waals surface area contributed by atoms with Gasteiger partial charge in [-0.3, -0.25) is 9.89 Å². The number of hydrogen-bond acceptors (Lipinski definition) is 6. The maximum atomic E-state index is 13.3. The van der Waals surface area contributed by atoms with Gasteiger partial charge in [-0.25, -0.2) is 0 Å². The summed E-state index contributed by atoms with van der Waals surface area (Å²) in [6.45, 7) is 3.75. The van der Waals surface area contributed by atoms with Crippen LogP contribution in [0.5, 0.6) is 5.75 Å². The highest BCUT2D eigenvalue weighted by molar-refractivity contribution is 6.01. The number of amides is 1. The van der Waals surface area contributed by atoms with E-state index in [4.69, 9.17) is 16.2 Å². The Morgan fingerprint density at radius 3 is 2.34 bits per heavy atom. The molecule has 0 spiro atoms. The molecule has 0 bridgehead atoms. The number of carbonyl (C=O) groups excluding carboxylic acids is 1. The number of nitrogens with two attached hydrogens (primary N) is 2. The number of aromatic amines is 1. The second kappa shape index (κ2) is 9.81. The van der Waals surface area contributed by atoms with Crippen molar-refractivity contribution in [3.05, 3.63) is 66.2 Å². The number of rotatable bonds is 6. The predicted molar refractivity (Wildman–Crippen MR) is 141 cm³/mol. The van der Waals surface area contributed by atoms with Crippen molar-refractivity contribution in [2.24, 2.45) is 5.73 Å². The molecule has 2 heterocycles. The molecule has 8 nitrogen and oxygen atoms in total. The van der Waals surface area contributed by atoms with E-state index in [0.717, 1.165) is 25.7 Å². The third-order valence-corrected chi connectivity index (χ3v) is 6.76. The van der Waals surface area contributed by atoms with Gasteiger partial charge in [0.25, 0.3) is 5.91 Å². The summed E-state index contributed by atoms with van der Waals surface area (Å²) in [4.78, 5) is 16.6. The van der Waals surface area contributed by atoms with Gasteiger partial charge in [0, 0.05) is 31.9 Å². The number of aromatic nitrogens is 2. The van der Waals surface area contributed by atoms with Gasteiger partial charge >= 0.3 is 6.18 Å². The fourth-order valence-electron chi connectivity index (χ4n) is 4.69. The van der Waals surface area contributed by atoms with E-state index < -0.39 is 18.2 Å². The Kier molecular flexibility index (Phi) is 6.52. The van der Waals surface area contributed by atoms with Crippen LogP contribution >= 0.6 is 0 Å². The van der Waals surface area contributed by atoms with Crippen LogP contribution < -0.4 is 26.0 Å². The highest BCUT2D eigenvalue weighted by Crippen LogP contribution is 2.38. The Bertz CT molecular complexity index is 1460. The fourth-order valence-corrected chi connectivity index (χ4v) is 4.69. The number of piperazine rings is 1. The number of halogens is 3. The van der Waals surface area contributed by atoms with Crippen molar-refractivity contribution < 1.29 is 22.7 Å². The lowest BCUT2D eigenvalue weighted by molar-refractivity contribution is -0.188. The summed E-state index contributed by atoms with van der Waals surface area (Å²) in [6, 6.07) is 18.5. The number of nitrogen functional groups attached to an aromatic ring is 1. The first-order valence-electron chi connectivity index (χ1n) is 12.1. The van der Waals surface area contributed by atoms with Gasteiger partial charge in [0.05, 0.1) is 22.2 Å². The predicted octanol–water partition coefficient (Wildman–Crippen LogP) is 4.57. The average Bonchev–Trinajstić information content (AvgIpc) is 3.29. The molecule has 1 amide bonds. The van der Waals surface area contributed by atoms with Crippen LogP contribution in [0.4, 0.5) is 30.4 Å². The third-order valence-electron chi connectivity index (χ3n) is 6.76. The Morgan fingerprint density at radius 1 is 1.00 bits per heavy atom. The minimum Gasteiger partial charge on any atom is -0.480 e. The average molecular weight is 525 g/mol. The third kappa shape index (κ3) is 4.91. The SMILES string of the molecule is CC(Oc1cc(-c2ccc(C(N)=O)c(N3CCN(c4ccccc4)CC3)c2)cc2[nH]nc(N)c12)C(F)(F)F. The van der Waals surface area contributed by atoms with Crippen molar-refractivity contribution in [1.82, 2.24) is 10.2 Å². The number of H-pyrrole nitrogens is 1. The first kappa shape index (κ1) is 25.2. The molecule has 0 aliphatic carbocycles. The topological polar surface area (TPSA) is 114 Å². The molecule has 1 saturated heterocycles. The number of carbonyl (C=O) groups is 1. The number of benzene rings is 3. The first-order valence-corrected chi connectivity index (χ1v) is 12.1. The van der Waals surface area contributed by atoms with Crippen LogP contribution in [-0.4, -0.2) is 54.6 Å². The Hall–Kier alpha value is -4.41. The number of anilines is 3. The largest absolute Gasteiger partial charge is 0.480 e. The van der Waals surface area contributed by atoms with Crippen LogP contribution in [-0.2, 0) is 0 Å². The molecule has 0 radical (unpaired) electrons. The smallest absolute Gasteiger partial charge is 0.425 e. The van der Waals surface area contributed by atoms with Gasteiger partial charge in [-0.1, -0.05) is 24.3 Å². The van der Waals surface area contributed by atoms with Crippen LogP contribution in [0.25, 0.3) is 22.0 Å². The number of nitrogens with one attached hydrogen (secondary N) is 1. The molecule has 5 N–H and O–H groups in total. The van der Waals surface area contributed by atoms with E-state index in [9.17, 15) is 18.0 Å². The van der Waals surface area contributed by atoms with Gasteiger partial charge in [-0.15, -0.1) is 0 Å². The summed E-state index contributed by atoms with van der Waals surface area (Å²) >= 11 is 0. The van der Waals surface area contributed by atoms with Gasteiger partial charge < -0.3 is 26.0 Å². The van der Waals surface area contributed by atoms with Crippen molar-refractivity contribution in [2.45, 2.75) is 19.2 Å². The van der Waals surface area contributed by atoms with Crippen molar-refractivity contribution in [1.29, 1.82) is 0 Å². The highest BCUT2D eigenvalue weighted by atomic mass is 19.4. The Morgan fingerprint density at radius 2 is 1.68 bits per heavy atom. The standard InChI is InChI=1S/C27H27F3N6O2/c1-16(27(28,29)30)38-23-15-18(13-21-24(23)25(31)34-33-21)17-7-8-20(26(32)37)22(14-17)36-11-9-35(10-12-36)19-5-3-2-4-6-19/h2-8,13-16H,9-12H2,1H3,(H2,32,37)(H3,31,33,34). The van der Waals surface area contributed by atoms with E-state index in [-0.39, 0.29) is 17.0 Å². The number of ether oxygens (including phenoxy) is 1. The second-order valence-electron chi connectivity index (χ2n) is 9.21. The van der Waals surface area contributed by atoms with Crippen molar-refractivity contribution in [3.8, 4) is 16.9 Å². The molecular formula is C27H27F3N6O2. The van der Waals surface area contributed by atoms with E-state index in [1.165, 1.54) is 6.07 Å². The molecule has 1 aliphatic rings. The molecule has 11 heteroatoms. The number of primary amides is 1. The van der Waals surface area contributed by atoms with E-state index in [1.54, 1.807) is 18.2 Å². The number of nitrogens with zero attached hydrogens (tertiary/aromatic N) is 3. The van der Waals surface area contributed by atoms with Crippen molar-refractivity contribution in [3.63, 3.8) is 0 Å².